The zero-order chi connectivity index (χ0) is 21.1. The van der Waals surface area contributed by atoms with Gasteiger partial charge in [0, 0.05) is 18.7 Å². The second kappa shape index (κ2) is 8.70. The minimum atomic E-state index is 0.170. The number of amidine groups is 1. The van der Waals surface area contributed by atoms with E-state index in [1.807, 2.05) is 19.9 Å². The van der Waals surface area contributed by atoms with Crippen molar-refractivity contribution in [3.8, 4) is 5.75 Å². The van der Waals surface area contributed by atoms with Gasteiger partial charge in [-0.15, -0.1) is 0 Å². The first kappa shape index (κ1) is 20.1. The Hall–Kier alpha value is -3.14. The maximum Gasteiger partial charge on any atom is 0.119 e. The van der Waals surface area contributed by atoms with Crippen LogP contribution < -0.4 is 4.74 Å². The standard InChI is InChI=1S/C26H29N3O/c1-18(27)23-10-9-22-8-5-21(15-24(22)16-23)4-3-20-6-11-25(12-7-20)30-26-13-14-29(17-26)19(2)28/h5-12,15-16,26-28H,3-4,13-14,17H2,1-2H3. The van der Waals surface area contributed by atoms with Gasteiger partial charge in [0.25, 0.3) is 0 Å². The van der Waals surface area contributed by atoms with Gasteiger partial charge in [-0.1, -0.05) is 42.5 Å². The molecule has 0 aliphatic carbocycles. The molecule has 0 aromatic heterocycles. The van der Waals surface area contributed by atoms with E-state index < -0.39 is 0 Å². The molecule has 4 heteroatoms. The van der Waals surface area contributed by atoms with Crippen molar-refractivity contribution in [2.24, 2.45) is 0 Å². The number of ether oxygens (including phenoxy) is 1. The van der Waals surface area contributed by atoms with E-state index in [9.17, 15) is 0 Å². The molecule has 0 amide bonds. The molecule has 0 radical (unpaired) electrons. The van der Waals surface area contributed by atoms with Gasteiger partial charge in [-0.3, -0.25) is 5.41 Å². The summed E-state index contributed by atoms with van der Waals surface area (Å²) in [5.74, 6) is 1.53. The van der Waals surface area contributed by atoms with E-state index in [0.29, 0.717) is 11.5 Å². The number of nitrogens with one attached hydrogen (secondary N) is 2. The zero-order valence-electron chi connectivity index (χ0n) is 17.7. The average molecular weight is 400 g/mol. The molecule has 1 saturated heterocycles. The Labute approximate surface area is 178 Å². The van der Waals surface area contributed by atoms with Crippen molar-refractivity contribution in [1.29, 1.82) is 10.8 Å². The largest absolute Gasteiger partial charge is 0.489 e. The number of fused-ring (bicyclic) bond motifs is 1. The molecule has 1 atom stereocenters. The molecule has 3 aromatic carbocycles. The lowest BCUT2D eigenvalue weighted by molar-refractivity contribution is 0.214. The van der Waals surface area contributed by atoms with E-state index in [1.165, 1.54) is 21.9 Å². The van der Waals surface area contributed by atoms with Gasteiger partial charge in [-0.2, -0.15) is 0 Å². The van der Waals surface area contributed by atoms with E-state index >= 15 is 0 Å². The molecule has 0 saturated carbocycles. The molecule has 1 aliphatic heterocycles. The summed E-state index contributed by atoms with van der Waals surface area (Å²) in [6.45, 7) is 5.37. The number of aryl methyl sites for hydroxylation is 2. The molecule has 0 spiro atoms. The van der Waals surface area contributed by atoms with Gasteiger partial charge >= 0.3 is 0 Å². The van der Waals surface area contributed by atoms with Crippen LogP contribution >= 0.6 is 0 Å². The normalized spacial score (nSPS) is 16.1. The van der Waals surface area contributed by atoms with Crippen molar-refractivity contribution in [2.45, 2.75) is 39.2 Å². The van der Waals surface area contributed by atoms with E-state index in [0.717, 1.165) is 43.7 Å². The monoisotopic (exact) mass is 399 g/mol. The summed E-state index contributed by atoms with van der Waals surface area (Å²) in [7, 11) is 0. The van der Waals surface area contributed by atoms with Crippen molar-refractivity contribution in [3.05, 3.63) is 77.4 Å². The molecule has 4 rings (SSSR count). The zero-order valence-corrected chi connectivity index (χ0v) is 17.7. The highest BCUT2D eigenvalue weighted by atomic mass is 16.5. The quantitative estimate of drug-likeness (QED) is 0.427. The van der Waals surface area contributed by atoms with Crippen LogP contribution in [0.4, 0.5) is 0 Å². The highest BCUT2D eigenvalue weighted by molar-refractivity contribution is 6.00. The summed E-state index contributed by atoms with van der Waals surface area (Å²) in [6, 6.07) is 21.3. The van der Waals surface area contributed by atoms with Gasteiger partial charge in [0.15, 0.2) is 0 Å². The minimum absolute atomic E-state index is 0.170. The number of likely N-dealkylation sites (tertiary alicyclic amines) is 1. The van der Waals surface area contributed by atoms with Crippen molar-refractivity contribution >= 4 is 22.3 Å². The fourth-order valence-electron chi connectivity index (χ4n) is 4.03. The third kappa shape index (κ3) is 4.70. The summed E-state index contributed by atoms with van der Waals surface area (Å²) in [6.07, 6.45) is 3.11. The lowest BCUT2D eigenvalue weighted by Gasteiger charge is -2.17. The van der Waals surface area contributed by atoms with Crippen LogP contribution in [-0.4, -0.2) is 35.6 Å². The lowest BCUT2D eigenvalue weighted by Crippen LogP contribution is -2.28. The molecular formula is C26H29N3O. The van der Waals surface area contributed by atoms with E-state index in [2.05, 4.69) is 59.5 Å². The molecule has 2 N–H and O–H groups in total. The van der Waals surface area contributed by atoms with Crippen LogP contribution in [0.15, 0.2) is 60.7 Å². The van der Waals surface area contributed by atoms with Crippen molar-refractivity contribution in [1.82, 2.24) is 4.90 Å². The maximum absolute atomic E-state index is 7.85. The van der Waals surface area contributed by atoms with Crippen molar-refractivity contribution < 1.29 is 4.74 Å². The molecular weight excluding hydrogens is 370 g/mol. The van der Waals surface area contributed by atoms with Gasteiger partial charge < -0.3 is 15.0 Å². The van der Waals surface area contributed by atoms with Crippen LogP contribution in [0.3, 0.4) is 0 Å². The lowest BCUT2D eigenvalue weighted by atomic mass is 9.99. The summed E-state index contributed by atoms with van der Waals surface area (Å²) < 4.78 is 6.10. The Morgan fingerprint density at radius 2 is 1.60 bits per heavy atom. The molecule has 1 fully saturated rings. The molecule has 3 aromatic rings. The van der Waals surface area contributed by atoms with Crippen LogP contribution in [0, 0.1) is 10.8 Å². The summed E-state index contributed by atoms with van der Waals surface area (Å²) in [5.41, 5.74) is 4.20. The molecule has 1 heterocycles. The molecule has 154 valence electrons. The third-order valence-electron chi connectivity index (χ3n) is 5.89. The summed E-state index contributed by atoms with van der Waals surface area (Å²) >= 11 is 0. The first-order valence-corrected chi connectivity index (χ1v) is 10.6. The first-order chi connectivity index (χ1) is 14.5. The number of hydrogen-bond donors (Lipinski definition) is 2. The van der Waals surface area contributed by atoms with Gasteiger partial charge in [0.2, 0.25) is 0 Å². The smallest absolute Gasteiger partial charge is 0.119 e. The van der Waals surface area contributed by atoms with Crippen LogP contribution in [0.1, 0.15) is 37.0 Å². The predicted octanol–water partition coefficient (Wildman–Crippen LogP) is 5.46. The van der Waals surface area contributed by atoms with E-state index in [4.69, 9.17) is 15.6 Å². The second-order valence-electron chi connectivity index (χ2n) is 8.23. The molecule has 1 unspecified atom stereocenters. The highest BCUT2D eigenvalue weighted by Gasteiger charge is 2.24. The SMILES string of the molecule is CC(=N)c1ccc2ccc(CCc3ccc(OC4CCN(C(C)=N)C4)cc3)cc2c1. The fraction of sp³-hybridized carbons (Fsp3) is 0.308. The van der Waals surface area contributed by atoms with Crippen LogP contribution in [0.25, 0.3) is 10.8 Å². The molecule has 4 nitrogen and oxygen atoms in total. The van der Waals surface area contributed by atoms with Crippen molar-refractivity contribution in [2.75, 3.05) is 13.1 Å². The summed E-state index contributed by atoms with van der Waals surface area (Å²) in [4.78, 5) is 2.06. The Bertz CT molecular complexity index is 1070. The first-order valence-electron chi connectivity index (χ1n) is 10.6. The fourth-order valence-corrected chi connectivity index (χ4v) is 4.03. The minimum Gasteiger partial charge on any atom is -0.489 e. The number of hydrogen-bond acceptors (Lipinski definition) is 3. The maximum atomic E-state index is 7.85. The number of rotatable bonds is 6. The highest BCUT2D eigenvalue weighted by Crippen LogP contribution is 2.22. The molecule has 0 bridgehead atoms. The Balaban J connectivity index is 1.36. The number of benzene rings is 3. The molecule has 30 heavy (non-hydrogen) atoms. The third-order valence-corrected chi connectivity index (χ3v) is 5.89. The average Bonchev–Trinajstić information content (AvgIpc) is 3.21. The predicted molar refractivity (Wildman–Crippen MR) is 124 cm³/mol. The van der Waals surface area contributed by atoms with Gasteiger partial charge in [-0.25, -0.2) is 0 Å². The van der Waals surface area contributed by atoms with Crippen molar-refractivity contribution in [3.63, 3.8) is 0 Å². The number of nitrogens with zero attached hydrogens (tertiary/aromatic N) is 1. The topological polar surface area (TPSA) is 60.2 Å². The summed E-state index contributed by atoms with van der Waals surface area (Å²) in [5, 5.41) is 18.0. The Morgan fingerprint density at radius 3 is 2.30 bits per heavy atom. The second-order valence-corrected chi connectivity index (χ2v) is 8.23. The van der Waals surface area contributed by atoms with Gasteiger partial charge in [0.1, 0.15) is 11.9 Å². The molecule has 1 aliphatic rings. The Kier molecular flexibility index (Phi) is 5.84. The van der Waals surface area contributed by atoms with Crippen LogP contribution in [0.5, 0.6) is 5.75 Å². The van der Waals surface area contributed by atoms with E-state index in [-0.39, 0.29) is 6.10 Å². The van der Waals surface area contributed by atoms with Crippen LogP contribution in [-0.2, 0) is 12.8 Å². The van der Waals surface area contributed by atoms with Crippen LogP contribution in [0.2, 0.25) is 0 Å². The van der Waals surface area contributed by atoms with E-state index in [1.54, 1.807) is 0 Å². The van der Waals surface area contributed by atoms with Gasteiger partial charge in [0.05, 0.1) is 12.4 Å². The Morgan fingerprint density at radius 1 is 0.900 bits per heavy atom. The van der Waals surface area contributed by atoms with Gasteiger partial charge in [-0.05, 0) is 72.4 Å².